The van der Waals surface area contributed by atoms with E-state index in [0.717, 1.165) is 4.90 Å². The van der Waals surface area contributed by atoms with Gasteiger partial charge in [0, 0.05) is 19.2 Å². The molecule has 4 N–H and O–H groups in total. The van der Waals surface area contributed by atoms with Gasteiger partial charge in [0.15, 0.2) is 5.96 Å². The molecule has 1 aromatic rings. The highest BCUT2D eigenvalue weighted by Gasteiger charge is 2.16. The van der Waals surface area contributed by atoms with Crippen molar-refractivity contribution in [2.75, 3.05) is 13.1 Å². The monoisotopic (exact) mass is 279 g/mol. The van der Waals surface area contributed by atoms with E-state index in [4.69, 9.17) is 29.2 Å². The zero-order valence-electron chi connectivity index (χ0n) is 10.2. The summed E-state index contributed by atoms with van der Waals surface area (Å²) >= 11 is 5.96. The lowest BCUT2D eigenvalue weighted by atomic mass is 10.2. The van der Waals surface area contributed by atoms with Crippen LogP contribution in [0.4, 0.5) is 4.79 Å². The molecule has 0 saturated carbocycles. The normalized spacial score (nSPS) is 9.47. The van der Waals surface area contributed by atoms with E-state index < -0.39 is 6.03 Å². The Morgan fingerprint density at radius 3 is 3.00 bits per heavy atom. The Morgan fingerprint density at radius 1 is 1.68 bits per heavy atom. The molecular weight excluding hydrogens is 266 g/mol. The number of nitrogens with two attached hydrogens (primary N) is 1. The van der Waals surface area contributed by atoms with E-state index in [0.29, 0.717) is 17.1 Å². The van der Waals surface area contributed by atoms with Gasteiger partial charge in [-0.3, -0.25) is 15.3 Å². The first kappa shape index (κ1) is 14.8. The fourth-order valence-electron chi connectivity index (χ4n) is 1.37. The quantitative estimate of drug-likeness (QED) is 0.432. The molecule has 0 aliphatic rings. The van der Waals surface area contributed by atoms with Gasteiger partial charge in [0.1, 0.15) is 0 Å². The van der Waals surface area contributed by atoms with Crippen LogP contribution in [0.1, 0.15) is 5.69 Å². The number of aromatic nitrogens is 1. The molecule has 0 radical (unpaired) electrons. The van der Waals surface area contributed by atoms with Crippen LogP contribution in [0, 0.1) is 17.8 Å². The van der Waals surface area contributed by atoms with Gasteiger partial charge in [-0.2, -0.15) is 0 Å². The maximum absolute atomic E-state index is 11.7. The number of rotatable bonds is 4. The summed E-state index contributed by atoms with van der Waals surface area (Å²) in [5.74, 6) is 1.91. The average Bonchev–Trinajstić information content (AvgIpc) is 2.38. The van der Waals surface area contributed by atoms with E-state index in [9.17, 15) is 4.79 Å². The largest absolute Gasteiger partial charge is 0.370 e. The third-order valence-electron chi connectivity index (χ3n) is 2.28. The average molecular weight is 280 g/mol. The van der Waals surface area contributed by atoms with Crippen molar-refractivity contribution in [3.8, 4) is 12.3 Å². The number of pyridine rings is 1. The van der Waals surface area contributed by atoms with Crippen LogP contribution in [0.5, 0.6) is 0 Å². The van der Waals surface area contributed by atoms with Crippen LogP contribution in [0.25, 0.3) is 0 Å². The molecule has 0 saturated heterocycles. The van der Waals surface area contributed by atoms with Gasteiger partial charge < -0.3 is 11.1 Å². The Labute approximate surface area is 116 Å². The van der Waals surface area contributed by atoms with Gasteiger partial charge in [-0.1, -0.05) is 17.5 Å². The van der Waals surface area contributed by atoms with Crippen molar-refractivity contribution >= 4 is 23.6 Å². The first-order chi connectivity index (χ1) is 9.06. The molecule has 0 aliphatic heterocycles. The Bertz CT molecular complexity index is 511. The number of urea groups is 1. The van der Waals surface area contributed by atoms with Crippen molar-refractivity contribution < 1.29 is 4.79 Å². The van der Waals surface area contributed by atoms with Crippen LogP contribution in [-0.4, -0.2) is 35.0 Å². The molecule has 0 unspecified atom stereocenters. The molecule has 19 heavy (non-hydrogen) atoms. The highest BCUT2D eigenvalue weighted by atomic mass is 35.5. The second-order valence-electron chi connectivity index (χ2n) is 3.58. The molecule has 100 valence electrons. The summed E-state index contributed by atoms with van der Waals surface area (Å²) in [5.41, 5.74) is 5.99. The van der Waals surface area contributed by atoms with Crippen LogP contribution < -0.4 is 11.1 Å². The minimum atomic E-state index is -0.516. The molecule has 2 amide bonds. The summed E-state index contributed by atoms with van der Waals surface area (Å²) in [6.45, 7) is 0.273. The number of hydrogen-bond acceptors (Lipinski definition) is 3. The number of nitrogens with one attached hydrogen (secondary N) is 2. The number of terminal acetylenes is 1. The van der Waals surface area contributed by atoms with Crippen LogP contribution >= 0.6 is 11.6 Å². The summed E-state index contributed by atoms with van der Waals surface area (Å²) in [4.78, 5) is 16.9. The minimum absolute atomic E-state index is 0.0763. The number of guanidine groups is 1. The van der Waals surface area contributed by atoms with Gasteiger partial charge in [0.2, 0.25) is 0 Å². The summed E-state index contributed by atoms with van der Waals surface area (Å²) in [6.07, 6.45) is 7.04. The first-order valence-corrected chi connectivity index (χ1v) is 5.86. The highest BCUT2D eigenvalue weighted by molar-refractivity contribution is 6.31. The Balaban J connectivity index is 2.65. The van der Waals surface area contributed by atoms with Crippen LogP contribution in [0.3, 0.4) is 0 Å². The third-order valence-corrected chi connectivity index (χ3v) is 2.63. The summed E-state index contributed by atoms with van der Waals surface area (Å²) < 4.78 is 0. The Hall–Kier alpha value is -2.26. The SMILES string of the molecule is C#CCNC(=O)N(CCc1ncccc1Cl)C(=N)N. The second-order valence-corrected chi connectivity index (χ2v) is 3.99. The maximum atomic E-state index is 11.7. The van der Waals surface area contributed by atoms with Gasteiger partial charge in [-0.25, -0.2) is 4.79 Å². The van der Waals surface area contributed by atoms with Gasteiger partial charge in [-0.15, -0.1) is 6.42 Å². The summed E-state index contributed by atoms with van der Waals surface area (Å²) in [5, 5.41) is 10.3. The van der Waals surface area contributed by atoms with Crippen molar-refractivity contribution in [1.82, 2.24) is 15.2 Å². The molecule has 1 aromatic heterocycles. The predicted molar refractivity (Wildman–Crippen MR) is 73.8 cm³/mol. The van der Waals surface area contributed by atoms with Crippen molar-refractivity contribution in [2.45, 2.75) is 6.42 Å². The summed E-state index contributed by atoms with van der Waals surface area (Å²) in [7, 11) is 0. The Kier molecular flexibility index (Phi) is 5.64. The Morgan fingerprint density at radius 2 is 2.42 bits per heavy atom. The lowest BCUT2D eigenvalue weighted by Crippen LogP contribution is -2.47. The molecule has 1 heterocycles. The standard InChI is InChI=1S/C12H14ClN5O/c1-2-6-17-12(19)18(11(14)15)8-5-10-9(13)4-3-7-16-10/h1,3-4,7H,5-6,8H2,(H3,14,15)(H,17,19). The zero-order chi connectivity index (χ0) is 14.3. The fourth-order valence-corrected chi connectivity index (χ4v) is 1.59. The molecule has 0 atom stereocenters. The topological polar surface area (TPSA) is 95.1 Å². The predicted octanol–water partition coefficient (Wildman–Crippen LogP) is 0.816. The van der Waals surface area contributed by atoms with Crippen LogP contribution in [0.2, 0.25) is 5.02 Å². The molecule has 7 heteroatoms. The van der Waals surface area contributed by atoms with Crippen molar-refractivity contribution in [3.63, 3.8) is 0 Å². The number of carbonyl (C=O) groups is 1. The molecule has 0 bridgehead atoms. The van der Waals surface area contributed by atoms with E-state index in [1.165, 1.54) is 0 Å². The van der Waals surface area contributed by atoms with E-state index in [2.05, 4.69) is 16.2 Å². The number of hydrogen-bond donors (Lipinski definition) is 3. The lowest BCUT2D eigenvalue weighted by Gasteiger charge is -2.20. The number of nitrogens with zero attached hydrogens (tertiary/aromatic N) is 2. The van der Waals surface area contributed by atoms with Crippen molar-refractivity contribution in [3.05, 3.63) is 29.0 Å². The molecular formula is C12H14ClN5O. The second kappa shape index (κ2) is 7.24. The van der Waals surface area contributed by atoms with Crippen LogP contribution in [0.15, 0.2) is 18.3 Å². The molecule has 0 spiro atoms. The number of halogens is 1. The zero-order valence-corrected chi connectivity index (χ0v) is 10.9. The van der Waals surface area contributed by atoms with Gasteiger partial charge >= 0.3 is 6.03 Å². The fraction of sp³-hybridized carbons (Fsp3) is 0.250. The van der Waals surface area contributed by atoms with Gasteiger partial charge in [-0.05, 0) is 12.1 Å². The third kappa shape index (κ3) is 4.48. The van der Waals surface area contributed by atoms with Crippen LogP contribution in [-0.2, 0) is 6.42 Å². The van der Waals surface area contributed by atoms with E-state index in [1.54, 1.807) is 18.3 Å². The van der Waals surface area contributed by atoms with E-state index in [-0.39, 0.29) is 19.0 Å². The maximum Gasteiger partial charge on any atom is 0.324 e. The first-order valence-electron chi connectivity index (χ1n) is 5.48. The van der Waals surface area contributed by atoms with Crippen molar-refractivity contribution in [2.24, 2.45) is 5.73 Å². The molecule has 1 rings (SSSR count). The van der Waals surface area contributed by atoms with E-state index in [1.807, 2.05) is 0 Å². The highest BCUT2D eigenvalue weighted by Crippen LogP contribution is 2.12. The molecule has 6 nitrogen and oxygen atoms in total. The lowest BCUT2D eigenvalue weighted by molar-refractivity contribution is 0.221. The molecule has 0 aliphatic carbocycles. The van der Waals surface area contributed by atoms with Crippen molar-refractivity contribution in [1.29, 1.82) is 5.41 Å². The summed E-state index contributed by atoms with van der Waals surface area (Å²) in [6, 6.07) is 2.91. The molecule has 0 aromatic carbocycles. The van der Waals surface area contributed by atoms with E-state index >= 15 is 0 Å². The van der Waals surface area contributed by atoms with Gasteiger partial charge in [0.25, 0.3) is 0 Å². The van der Waals surface area contributed by atoms with Gasteiger partial charge in [0.05, 0.1) is 17.3 Å². The number of carbonyl (C=O) groups excluding carboxylic acids is 1. The number of amides is 2. The minimum Gasteiger partial charge on any atom is -0.370 e. The molecule has 0 fully saturated rings. The smallest absolute Gasteiger partial charge is 0.324 e.